The number of fused-ring (bicyclic) bond motifs is 1. The third kappa shape index (κ3) is 2.29. The first-order valence-corrected chi connectivity index (χ1v) is 5.70. The van der Waals surface area contributed by atoms with E-state index in [9.17, 15) is 0 Å². The molecule has 0 spiro atoms. The van der Waals surface area contributed by atoms with Crippen molar-refractivity contribution in [3.63, 3.8) is 0 Å². The highest BCUT2D eigenvalue weighted by molar-refractivity contribution is 5.96. The van der Waals surface area contributed by atoms with Gasteiger partial charge in [0.05, 0.1) is 12.5 Å². The van der Waals surface area contributed by atoms with E-state index >= 15 is 0 Å². The maximum Gasteiger partial charge on any atom is 0.134 e. The van der Waals surface area contributed by atoms with Gasteiger partial charge in [-0.05, 0) is 16.3 Å². The van der Waals surface area contributed by atoms with E-state index in [-0.39, 0.29) is 12.0 Å². The van der Waals surface area contributed by atoms with Gasteiger partial charge in [-0.25, -0.2) is 0 Å². The number of hydrogen-bond donors (Lipinski definition) is 0. The average molecular weight is 243 g/mol. The highest BCUT2D eigenvalue weighted by Gasteiger charge is 2.11. The minimum absolute atomic E-state index is 0.00194. The second kappa shape index (κ2) is 5.50. The quantitative estimate of drug-likeness (QED) is 0.757. The summed E-state index contributed by atoms with van der Waals surface area (Å²) >= 11 is 0. The summed E-state index contributed by atoms with van der Waals surface area (Å²) in [5.74, 6) is 0. The molecule has 0 N–H and O–H groups in total. The van der Waals surface area contributed by atoms with Crippen LogP contribution in [-0.4, -0.2) is 0 Å². The Morgan fingerprint density at radius 1 is 0.895 bits per heavy atom. The van der Waals surface area contributed by atoms with E-state index in [1.807, 2.05) is 60.7 Å². The normalized spacial score (nSPS) is 9.11. The van der Waals surface area contributed by atoms with Crippen LogP contribution >= 0.6 is 0 Å². The number of hydrogen-bond acceptors (Lipinski definition) is 3. The summed E-state index contributed by atoms with van der Waals surface area (Å²) in [7, 11) is 0. The van der Waals surface area contributed by atoms with Crippen molar-refractivity contribution in [2.24, 2.45) is 0 Å². The molecule has 0 radical (unpaired) electrons. The summed E-state index contributed by atoms with van der Waals surface area (Å²) in [6, 6.07) is 19.1. The van der Waals surface area contributed by atoms with E-state index in [2.05, 4.69) is 0 Å². The fraction of sp³-hybridized carbons (Fsp3) is 0.0625. The lowest BCUT2D eigenvalue weighted by Gasteiger charge is -2.08. The molecule has 2 aromatic rings. The van der Waals surface area contributed by atoms with Crippen molar-refractivity contribution < 1.29 is 0 Å². The molecule has 0 fully saturated rings. The summed E-state index contributed by atoms with van der Waals surface area (Å²) in [6.45, 7) is 0. The maximum atomic E-state index is 9.02. The summed E-state index contributed by atoms with van der Waals surface area (Å²) in [5, 5.41) is 28.9. The van der Waals surface area contributed by atoms with Crippen LogP contribution in [0.1, 0.15) is 12.0 Å². The van der Waals surface area contributed by atoms with Crippen LogP contribution in [0.3, 0.4) is 0 Å². The van der Waals surface area contributed by atoms with Gasteiger partial charge in [0.15, 0.2) is 0 Å². The smallest absolute Gasteiger partial charge is 0.134 e. The van der Waals surface area contributed by atoms with Gasteiger partial charge in [-0.3, -0.25) is 0 Å². The molecule has 0 saturated carbocycles. The van der Waals surface area contributed by atoms with Gasteiger partial charge in [-0.2, -0.15) is 15.8 Å². The predicted molar refractivity (Wildman–Crippen MR) is 72.3 cm³/mol. The molecule has 0 saturated heterocycles. The molecule has 0 aliphatic rings. The molecule has 0 aliphatic carbocycles. The predicted octanol–water partition coefficient (Wildman–Crippen LogP) is 3.55. The molecular formula is C16H9N3. The Kier molecular flexibility index (Phi) is 3.58. The van der Waals surface area contributed by atoms with Crippen LogP contribution in [0.15, 0.2) is 48.0 Å². The minimum Gasteiger partial charge on any atom is -0.198 e. The summed E-state index contributed by atoms with van der Waals surface area (Å²) < 4.78 is 0. The third-order valence-electron chi connectivity index (χ3n) is 2.90. The molecule has 0 amide bonds. The maximum absolute atomic E-state index is 9.02. The first kappa shape index (κ1) is 12.4. The summed E-state index contributed by atoms with van der Waals surface area (Å²) in [5.41, 5.74) is 1.26. The largest absolute Gasteiger partial charge is 0.198 e. The third-order valence-corrected chi connectivity index (χ3v) is 2.90. The van der Waals surface area contributed by atoms with Gasteiger partial charge in [-0.1, -0.05) is 42.5 Å². The summed E-state index contributed by atoms with van der Waals surface area (Å²) in [4.78, 5) is 0. The van der Waals surface area contributed by atoms with Crippen LogP contribution in [0, 0.1) is 34.0 Å². The van der Waals surface area contributed by atoms with Gasteiger partial charge in [0.2, 0.25) is 0 Å². The second-order valence-electron chi connectivity index (χ2n) is 3.94. The van der Waals surface area contributed by atoms with Crippen molar-refractivity contribution in [1.82, 2.24) is 0 Å². The zero-order chi connectivity index (χ0) is 13.7. The lowest BCUT2D eigenvalue weighted by Crippen LogP contribution is -1.90. The van der Waals surface area contributed by atoms with Crippen molar-refractivity contribution in [2.45, 2.75) is 6.42 Å². The van der Waals surface area contributed by atoms with Gasteiger partial charge >= 0.3 is 0 Å². The summed E-state index contributed by atoms with van der Waals surface area (Å²) in [6.07, 6.45) is 0.0461. The van der Waals surface area contributed by atoms with E-state index in [4.69, 9.17) is 15.8 Å². The van der Waals surface area contributed by atoms with Crippen molar-refractivity contribution in [2.75, 3.05) is 0 Å². The fourth-order valence-corrected chi connectivity index (χ4v) is 2.05. The highest BCUT2D eigenvalue weighted by atomic mass is 14.3. The van der Waals surface area contributed by atoms with E-state index in [0.717, 1.165) is 16.3 Å². The molecule has 0 atom stereocenters. The minimum atomic E-state index is -0.00194. The Labute approximate surface area is 111 Å². The molecule has 0 heterocycles. The molecule has 0 aromatic heterocycles. The van der Waals surface area contributed by atoms with Crippen LogP contribution in [0.25, 0.3) is 16.3 Å². The Hall–Kier alpha value is -3.09. The molecular weight excluding hydrogens is 234 g/mol. The van der Waals surface area contributed by atoms with Crippen LogP contribution in [0.4, 0.5) is 0 Å². The number of benzene rings is 2. The lowest BCUT2D eigenvalue weighted by molar-refractivity contribution is 1.34. The van der Waals surface area contributed by atoms with Gasteiger partial charge in [0, 0.05) is 5.57 Å². The molecule has 0 aliphatic heterocycles. The van der Waals surface area contributed by atoms with Gasteiger partial charge in [0.25, 0.3) is 0 Å². The fourth-order valence-electron chi connectivity index (χ4n) is 2.05. The number of nitriles is 3. The molecule has 2 aromatic carbocycles. The Bertz CT molecular complexity index is 759. The standard InChI is InChI=1S/C16H9N3/c17-9-8-15(13(10-18)11-19)16-7-3-5-12-4-1-2-6-14(12)16/h1-7H,8H2. The van der Waals surface area contributed by atoms with E-state index in [1.54, 1.807) is 0 Å². The molecule has 19 heavy (non-hydrogen) atoms. The molecule has 3 heteroatoms. The average Bonchev–Trinajstić information content (AvgIpc) is 2.47. The molecule has 0 bridgehead atoms. The number of rotatable bonds is 2. The van der Waals surface area contributed by atoms with Gasteiger partial charge in [0.1, 0.15) is 17.7 Å². The van der Waals surface area contributed by atoms with Crippen LogP contribution < -0.4 is 0 Å². The SMILES string of the molecule is N#CCC(=C(C#N)C#N)c1cccc2ccccc12. The van der Waals surface area contributed by atoms with Gasteiger partial charge < -0.3 is 0 Å². The molecule has 88 valence electrons. The Morgan fingerprint density at radius 2 is 1.58 bits per heavy atom. The number of allylic oxidation sites excluding steroid dienone is 2. The number of nitrogens with zero attached hydrogens (tertiary/aromatic N) is 3. The Morgan fingerprint density at radius 3 is 2.26 bits per heavy atom. The first-order chi connectivity index (χ1) is 9.31. The van der Waals surface area contributed by atoms with Crippen LogP contribution in [-0.2, 0) is 0 Å². The van der Waals surface area contributed by atoms with Crippen LogP contribution in [0.5, 0.6) is 0 Å². The zero-order valence-electron chi connectivity index (χ0n) is 10.1. The topological polar surface area (TPSA) is 71.4 Å². The van der Waals surface area contributed by atoms with Crippen molar-refractivity contribution in [1.29, 1.82) is 15.8 Å². The monoisotopic (exact) mass is 243 g/mol. The van der Waals surface area contributed by atoms with Gasteiger partial charge in [-0.15, -0.1) is 0 Å². The van der Waals surface area contributed by atoms with E-state index in [0.29, 0.717) is 5.57 Å². The zero-order valence-corrected chi connectivity index (χ0v) is 10.1. The van der Waals surface area contributed by atoms with E-state index in [1.165, 1.54) is 0 Å². The van der Waals surface area contributed by atoms with E-state index < -0.39 is 0 Å². The van der Waals surface area contributed by atoms with Crippen molar-refractivity contribution >= 4 is 16.3 Å². The molecule has 0 unspecified atom stereocenters. The molecule has 2 rings (SSSR count). The van der Waals surface area contributed by atoms with Crippen molar-refractivity contribution in [3.05, 3.63) is 53.6 Å². The first-order valence-electron chi connectivity index (χ1n) is 5.70. The van der Waals surface area contributed by atoms with Crippen molar-refractivity contribution in [3.8, 4) is 18.2 Å². The van der Waals surface area contributed by atoms with Crippen LogP contribution in [0.2, 0.25) is 0 Å². The second-order valence-corrected chi connectivity index (χ2v) is 3.94. The molecule has 3 nitrogen and oxygen atoms in total. The Balaban J connectivity index is 2.80. The highest BCUT2D eigenvalue weighted by Crippen LogP contribution is 2.29. The lowest BCUT2D eigenvalue weighted by atomic mass is 9.93.